The molecule has 0 aromatic heterocycles. The molecule has 2 rings (SSSR count). The van der Waals surface area contributed by atoms with Gasteiger partial charge in [-0.2, -0.15) is 11.8 Å². The number of aliphatic imine (C=N–C) groups is 1. The predicted molar refractivity (Wildman–Crippen MR) is 116 cm³/mol. The van der Waals surface area contributed by atoms with Gasteiger partial charge in [-0.05, 0) is 49.6 Å². The van der Waals surface area contributed by atoms with Crippen LogP contribution < -0.4 is 15.4 Å². The van der Waals surface area contributed by atoms with Crippen LogP contribution in [0.15, 0.2) is 29.3 Å². The van der Waals surface area contributed by atoms with Crippen LogP contribution in [0.5, 0.6) is 5.75 Å². The fourth-order valence-electron chi connectivity index (χ4n) is 2.62. The number of rotatable bonds is 7. The van der Waals surface area contributed by atoms with Gasteiger partial charge >= 0.3 is 0 Å². The van der Waals surface area contributed by atoms with E-state index in [2.05, 4.69) is 53.4 Å². The Bertz CT molecular complexity index is 519. The second-order valence-electron chi connectivity index (χ2n) is 6.18. The van der Waals surface area contributed by atoms with E-state index in [1.807, 2.05) is 19.2 Å². The molecule has 1 aromatic rings. The summed E-state index contributed by atoms with van der Waals surface area (Å²) in [7, 11) is 1.82. The maximum Gasteiger partial charge on any atom is 0.191 e. The van der Waals surface area contributed by atoms with Crippen molar-refractivity contribution in [1.82, 2.24) is 10.6 Å². The summed E-state index contributed by atoms with van der Waals surface area (Å²) in [5, 5.41) is 6.84. The first-order valence-corrected chi connectivity index (χ1v) is 9.44. The quantitative estimate of drug-likeness (QED) is 0.364. The van der Waals surface area contributed by atoms with E-state index < -0.39 is 0 Å². The minimum atomic E-state index is 0. The Morgan fingerprint density at radius 2 is 2.21 bits per heavy atom. The van der Waals surface area contributed by atoms with Crippen LogP contribution in [0.4, 0.5) is 0 Å². The first kappa shape index (κ1) is 21.4. The molecule has 2 N–H and O–H groups in total. The van der Waals surface area contributed by atoms with Gasteiger partial charge in [-0.1, -0.05) is 19.1 Å². The smallest absolute Gasteiger partial charge is 0.191 e. The highest BCUT2D eigenvalue weighted by atomic mass is 127. The molecule has 0 radical (unpaired) electrons. The van der Waals surface area contributed by atoms with Gasteiger partial charge in [0.05, 0.1) is 6.61 Å². The fourth-order valence-corrected chi connectivity index (χ4v) is 3.86. The molecule has 0 aliphatic carbocycles. The molecule has 0 bridgehead atoms. The molecule has 1 heterocycles. The fraction of sp³-hybridized carbons (Fsp3) is 0.611. The second kappa shape index (κ2) is 11.1. The monoisotopic (exact) mass is 463 g/mol. The highest BCUT2D eigenvalue weighted by Crippen LogP contribution is 2.36. The van der Waals surface area contributed by atoms with Crippen LogP contribution in [0, 0.1) is 0 Å². The summed E-state index contributed by atoms with van der Waals surface area (Å²) in [6.07, 6.45) is 3.62. The van der Waals surface area contributed by atoms with E-state index in [-0.39, 0.29) is 24.0 Å². The van der Waals surface area contributed by atoms with Crippen LogP contribution in [0.2, 0.25) is 0 Å². The van der Waals surface area contributed by atoms with Crippen molar-refractivity contribution in [3.63, 3.8) is 0 Å². The lowest BCUT2D eigenvalue weighted by molar-refractivity contribution is 0.317. The lowest BCUT2D eigenvalue weighted by Crippen LogP contribution is -2.43. The zero-order valence-corrected chi connectivity index (χ0v) is 18.1. The van der Waals surface area contributed by atoms with E-state index in [4.69, 9.17) is 4.74 Å². The van der Waals surface area contributed by atoms with E-state index in [9.17, 15) is 0 Å². The average Bonchev–Trinajstić information content (AvgIpc) is 3.00. The van der Waals surface area contributed by atoms with Gasteiger partial charge in [0.25, 0.3) is 0 Å². The van der Waals surface area contributed by atoms with Crippen molar-refractivity contribution in [2.75, 3.05) is 26.0 Å². The van der Waals surface area contributed by atoms with Crippen molar-refractivity contribution in [3.8, 4) is 5.75 Å². The number of guanidine groups is 1. The number of benzene rings is 1. The largest absolute Gasteiger partial charge is 0.494 e. The maximum absolute atomic E-state index is 5.68. The summed E-state index contributed by atoms with van der Waals surface area (Å²) < 4.78 is 6.02. The van der Waals surface area contributed by atoms with Crippen LogP contribution in [0.1, 0.15) is 38.7 Å². The number of nitrogens with zero attached hydrogens (tertiary/aromatic N) is 1. The van der Waals surface area contributed by atoms with Crippen LogP contribution in [-0.2, 0) is 6.54 Å². The van der Waals surface area contributed by atoms with Crippen LogP contribution in [0.3, 0.4) is 0 Å². The summed E-state index contributed by atoms with van der Waals surface area (Å²) in [5.41, 5.74) is 1.20. The minimum absolute atomic E-state index is 0. The molecule has 4 nitrogen and oxygen atoms in total. The molecule has 1 fully saturated rings. The molecule has 1 saturated heterocycles. The number of hydrogen-bond donors (Lipinski definition) is 2. The molecular weight excluding hydrogens is 433 g/mol. The summed E-state index contributed by atoms with van der Waals surface area (Å²) in [5.74, 6) is 3.07. The summed E-state index contributed by atoms with van der Waals surface area (Å²) in [6, 6.07) is 8.23. The Labute approximate surface area is 167 Å². The molecule has 136 valence electrons. The Morgan fingerprint density at radius 3 is 2.88 bits per heavy atom. The molecule has 24 heavy (non-hydrogen) atoms. The second-order valence-corrected chi connectivity index (χ2v) is 7.86. The number of halogens is 1. The first-order valence-electron chi connectivity index (χ1n) is 8.45. The van der Waals surface area contributed by atoms with E-state index in [0.29, 0.717) is 4.75 Å². The molecule has 1 unspecified atom stereocenters. The van der Waals surface area contributed by atoms with E-state index in [1.54, 1.807) is 0 Å². The van der Waals surface area contributed by atoms with Crippen molar-refractivity contribution in [2.45, 2.75) is 44.4 Å². The summed E-state index contributed by atoms with van der Waals surface area (Å²) in [6.45, 7) is 6.91. The number of ether oxygens (including phenoxy) is 1. The third-order valence-electron chi connectivity index (χ3n) is 3.99. The highest BCUT2D eigenvalue weighted by Gasteiger charge is 2.29. The number of hydrogen-bond acceptors (Lipinski definition) is 3. The highest BCUT2D eigenvalue weighted by molar-refractivity contribution is 14.0. The molecule has 1 aliphatic rings. The Balaban J connectivity index is 0.00000288. The zero-order chi connectivity index (χ0) is 16.5. The normalized spacial score (nSPS) is 20.4. The van der Waals surface area contributed by atoms with E-state index >= 15 is 0 Å². The maximum atomic E-state index is 5.68. The SMILES string of the molecule is CCCOc1cccc(CNC(=NC)NCC2(C)CCCS2)c1.I. The molecule has 6 heteroatoms. The molecule has 0 saturated carbocycles. The van der Waals surface area contributed by atoms with Gasteiger partial charge in [0.15, 0.2) is 5.96 Å². The molecule has 1 atom stereocenters. The zero-order valence-electron chi connectivity index (χ0n) is 14.9. The van der Waals surface area contributed by atoms with Crippen LogP contribution in [0.25, 0.3) is 0 Å². The van der Waals surface area contributed by atoms with Gasteiger partial charge in [-0.3, -0.25) is 4.99 Å². The average molecular weight is 463 g/mol. The van der Waals surface area contributed by atoms with Gasteiger partial charge in [-0.15, -0.1) is 24.0 Å². The first-order chi connectivity index (χ1) is 11.1. The van der Waals surface area contributed by atoms with E-state index in [0.717, 1.165) is 37.8 Å². The minimum Gasteiger partial charge on any atom is -0.494 e. The van der Waals surface area contributed by atoms with Gasteiger partial charge < -0.3 is 15.4 Å². The molecule has 1 aliphatic heterocycles. The van der Waals surface area contributed by atoms with Crippen molar-refractivity contribution in [3.05, 3.63) is 29.8 Å². The number of thioether (sulfide) groups is 1. The van der Waals surface area contributed by atoms with Gasteiger partial charge in [0, 0.05) is 24.9 Å². The number of nitrogens with one attached hydrogen (secondary N) is 2. The van der Waals surface area contributed by atoms with Gasteiger partial charge in [0.2, 0.25) is 0 Å². The van der Waals surface area contributed by atoms with Crippen LogP contribution in [-0.4, -0.2) is 36.7 Å². The van der Waals surface area contributed by atoms with Crippen molar-refractivity contribution >= 4 is 41.7 Å². The Hall–Kier alpha value is -0.630. The Kier molecular flexibility index (Phi) is 9.88. The molecule has 1 aromatic carbocycles. The summed E-state index contributed by atoms with van der Waals surface area (Å²) in [4.78, 5) is 4.32. The summed E-state index contributed by atoms with van der Waals surface area (Å²) >= 11 is 2.06. The Morgan fingerprint density at radius 1 is 1.38 bits per heavy atom. The third-order valence-corrected chi connectivity index (χ3v) is 5.52. The predicted octanol–water partition coefficient (Wildman–Crippen LogP) is 4.04. The molecule has 0 spiro atoms. The van der Waals surface area contributed by atoms with Crippen molar-refractivity contribution < 1.29 is 4.74 Å². The topological polar surface area (TPSA) is 45.6 Å². The van der Waals surface area contributed by atoms with Crippen molar-refractivity contribution in [2.24, 2.45) is 4.99 Å². The van der Waals surface area contributed by atoms with Gasteiger partial charge in [-0.25, -0.2) is 0 Å². The van der Waals surface area contributed by atoms with Crippen molar-refractivity contribution in [1.29, 1.82) is 0 Å². The molecule has 0 amide bonds. The third kappa shape index (κ3) is 7.09. The van der Waals surface area contributed by atoms with Crippen LogP contribution >= 0.6 is 35.7 Å². The lowest BCUT2D eigenvalue weighted by Gasteiger charge is -2.24. The van der Waals surface area contributed by atoms with Gasteiger partial charge in [0.1, 0.15) is 5.75 Å². The molecular formula is C18H30IN3OS. The van der Waals surface area contributed by atoms with E-state index in [1.165, 1.54) is 24.2 Å². The standard InChI is InChI=1S/C18H29N3OS.HI/c1-4-10-22-16-8-5-7-15(12-16)13-20-17(19-3)21-14-18(2)9-6-11-23-18;/h5,7-8,12H,4,6,9-11,13-14H2,1-3H3,(H2,19,20,21);1H. The lowest BCUT2D eigenvalue weighted by atomic mass is 10.1.